The van der Waals surface area contributed by atoms with E-state index in [2.05, 4.69) is 67.3 Å². The maximum atomic E-state index is 5.59. The molecule has 0 unspecified atom stereocenters. The molecule has 0 aliphatic rings. The van der Waals surface area contributed by atoms with Crippen molar-refractivity contribution in [1.29, 1.82) is 0 Å². The number of rotatable bonds is 16. The third-order valence-corrected chi connectivity index (χ3v) is 5.66. The first-order chi connectivity index (χ1) is 18.7. The lowest BCUT2D eigenvalue weighted by Gasteiger charge is -2.12. The van der Waals surface area contributed by atoms with Crippen molar-refractivity contribution in [1.82, 2.24) is 15.0 Å². The van der Waals surface area contributed by atoms with Crippen LogP contribution < -0.4 is 26.4 Å². The van der Waals surface area contributed by atoms with E-state index in [1.807, 2.05) is 30.3 Å². The van der Waals surface area contributed by atoms with Gasteiger partial charge < -0.3 is 35.9 Å². The summed E-state index contributed by atoms with van der Waals surface area (Å²) in [5, 5.41) is 12.2. The van der Waals surface area contributed by atoms with Crippen LogP contribution in [-0.2, 0) is 15.9 Å². The zero-order valence-corrected chi connectivity index (χ0v) is 21.7. The van der Waals surface area contributed by atoms with Crippen LogP contribution in [-0.4, -0.2) is 68.1 Å². The Bertz CT molecular complexity index is 1270. The number of nitrogens with two attached hydrogens (primary N) is 1. The molecule has 0 amide bonds. The van der Waals surface area contributed by atoms with Gasteiger partial charge in [0.05, 0.1) is 33.5 Å². The summed E-state index contributed by atoms with van der Waals surface area (Å²) in [6.45, 7) is 3.77. The fourth-order valence-corrected chi connectivity index (χ4v) is 3.74. The SMILES string of the molecule is COc1ccc(CCNc2nc(NCCOCCOCCN)nc(Nc3ccc4ccccc4c3)n2)cc1. The number of methoxy groups -OCH3 is 1. The molecule has 3 aromatic carbocycles. The van der Waals surface area contributed by atoms with Gasteiger partial charge in [0, 0.05) is 25.3 Å². The van der Waals surface area contributed by atoms with Crippen molar-refractivity contribution < 1.29 is 14.2 Å². The van der Waals surface area contributed by atoms with E-state index in [1.165, 1.54) is 10.9 Å². The molecule has 4 aromatic rings. The molecule has 0 saturated carbocycles. The molecule has 1 heterocycles. The lowest BCUT2D eigenvalue weighted by Crippen LogP contribution is -2.17. The number of aromatic nitrogens is 3. The first-order valence-corrected chi connectivity index (χ1v) is 12.7. The van der Waals surface area contributed by atoms with Crippen LogP contribution >= 0.6 is 0 Å². The van der Waals surface area contributed by atoms with E-state index in [0.29, 0.717) is 63.9 Å². The maximum Gasteiger partial charge on any atom is 0.233 e. The highest BCUT2D eigenvalue weighted by atomic mass is 16.5. The van der Waals surface area contributed by atoms with Crippen molar-refractivity contribution in [3.8, 4) is 5.75 Å². The lowest BCUT2D eigenvalue weighted by molar-refractivity contribution is 0.0547. The molecule has 0 atom stereocenters. The minimum atomic E-state index is 0.445. The normalized spacial score (nSPS) is 10.9. The van der Waals surface area contributed by atoms with Crippen molar-refractivity contribution in [2.75, 3.05) is 69.1 Å². The molecule has 4 rings (SSSR count). The van der Waals surface area contributed by atoms with Gasteiger partial charge in [-0.3, -0.25) is 0 Å². The van der Waals surface area contributed by atoms with Gasteiger partial charge in [0.25, 0.3) is 0 Å². The van der Waals surface area contributed by atoms with Crippen LogP contribution in [0.3, 0.4) is 0 Å². The third kappa shape index (κ3) is 8.55. The van der Waals surface area contributed by atoms with Gasteiger partial charge in [-0.2, -0.15) is 15.0 Å². The minimum absolute atomic E-state index is 0.445. The van der Waals surface area contributed by atoms with Crippen molar-refractivity contribution in [2.24, 2.45) is 5.73 Å². The number of ether oxygens (including phenoxy) is 3. The molecule has 0 saturated heterocycles. The first kappa shape index (κ1) is 27.1. The molecule has 38 heavy (non-hydrogen) atoms. The molecular formula is C28H35N7O3. The molecule has 200 valence electrons. The molecule has 0 fully saturated rings. The van der Waals surface area contributed by atoms with Gasteiger partial charge in [-0.05, 0) is 47.0 Å². The molecule has 10 nitrogen and oxygen atoms in total. The Balaban J connectivity index is 1.39. The maximum absolute atomic E-state index is 5.59. The zero-order chi connectivity index (χ0) is 26.4. The second-order valence-corrected chi connectivity index (χ2v) is 8.46. The molecule has 0 aliphatic carbocycles. The molecule has 5 N–H and O–H groups in total. The summed E-state index contributed by atoms with van der Waals surface area (Å²) >= 11 is 0. The number of fused-ring (bicyclic) bond motifs is 1. The van der Waals surface area contributed by atoms with Crippen LogP contribution in [0.5, 0.6) is 5.75 Å². The second kappa shape index (κ2) is 14.7. The summed E-state index contributed by atoms with van der Waals surface area (Å²) in [6, 6.07) is 22.4. The van der Waals surface area contributed by atoms with E-state index in [4.69, 9.17) is 19.9 Å². The van der Waals surface area contributed by atoms with Crippen LogP contribution in [0.15, 0.2) is 66.7 Å². The largest absolute Gasteiger partial charge is 0.497 e. The summed E-state index contributed by atoms with van der Waals surface area (Å²) in [6.07, 6.45) is 0.811. The molecule has 1 aromatic heterocycles. The monoisotopic (exact) mass is 517 g/mol. The smallest absolute Gasteiger partial charge is 0.233 e. The topological polar surface area (TPSA) is 128 Å². The van der Waals surface area contributed by atoms with Gasteiger partial charge in [-0.1, -0.05) is 42.5 Å². The van der Waals surface area contributed by atoms with E-state index in [1.54, 1.807) is 7.11 Å². The van der Waals surface area contributed by atoms with Gasteiger partial charge >= 0.3 is 0 Å². The van der Waals surface area contributed by atoms with Gasteiger partial charge in [0.2, 0.25) is 17.8 Å². The highest BCUT2D eigenvalue weighted by Gasteiger charge is 2.08. The van der Waals surface area contributed by atoms with E-state index in [0.717, 1.165) is 23.2 Å². The average molecular weight is 518 g/mol. The Morgan fingerprint density at radius 1 is 0.711 bits per heavy atom. The van der Waals surface area contributed by atoms with E-state index < -0.39 is 0 Å². The molecule has 0 aliphatic heterocycles. The van der Waals surface area contributed by atoms with E-state index >= 15 is 0 Å². The minimum Gasteiger partial charge on any atom is -0.497 e. The molecule has 0 bridgehead atoms. The van der Waals surface area contributed by atoms with Crippen LogP contribution in [0.2, 0.25) is 0 Å². The van der Waals surface area contributed by atoms with Gasteiger partial charge in [0.1, 0.15) is 5.75 Å². The van der Waals surface area contributed by atoms with E-state index in [-0.39, 0.29) is 0 Å². The van der Waals surface area contributed by atoms with Crippen LogP contribution in [0.4, 0.5) is 23.5 Å². The van der Waals surface area contributed by atoms with Gasteiger partial charge in [-0.25, -0.2) is 0 Å². The Morgan fingerprint density at radius 2 is 1.39 bits per heavy atom. The Labute approximate surface area is 223 Å². The standard InChI is InChI=1S/C28H35N7O3/c1-36-25-10-6-21(7-11-25)12-14-30-26-33-27(31-15-17-38-19-18-37-16-13-29)35-28(34-26)32-24-9-8-22-4-2-3-5-23(22)20-24/h2-11,20H,12-19,29H2,1H3,(H3,30,31,32,33,34,35). The molecule has 0 spiro atoms. The number of hydrogen-bond acceptors (Lipinski definition) is 10. The van der Waals surface area contributed by atoms with Crippen molar-refractivity contribution in [3.63, 3.8) is 0 Å². The number of benzene rings is 3. The Kier molecular flexibility index (Phi) is 10.4. The number of hydrogen-bond donors (Lipinski definition) is 4. The fourth-order valence-electron chi connectivity index (χ4n) is 3.74. The number of anilines is 4. The highest BCUT2D eigenvalue weighted by molar-refractivity contribution is 5.86. The molecular weight excluding hydrogens is 482 g/mol. The first-order valence-electron chi connectivity index (χ1n) is 12.7. The van der Waals surface area contributed by atoms with Crippen LogP contribution in [0, 0.1) is 0 Å². The number of nitrogens with zero attached hydrogens (tertiary/aromatic N) is 3. The summed E-state index contributed by atoms with van der Waals surface area (Å²) in [7, 11) is 1.66. The number of nitrogens with one attached hydrogen (secondary N) is 3. The third-order valence-electron chi connectivity index (χ3n) is 5.66. The van der Waals surface area contributed by atoms with E-state index in [9.17, 15) is 0 Å². The van der Waals surface area contributed by atoms with Gasteiger partial charge in [-0.15, -0.1) is 0 Å². The zero-order valence-electron chi connectivity index (χ0n) is 21.7. The Hall–Kier alpha value is -3.99. The summed E-state index contributed by atoms with van der Waals surface area (Å²) in [4.78, 5) is 13.7. The van der Waals surface area contributed by atoms with Crippen molar-refractivity contribution >= 4 is 34.3 Å². The lowest BCUT2D eigenvalue weighted by atomic mass is 10.1. The Morgan fingerprint density at radius 3 is 2.13 bits per heavy atom. The molecule has 10 heteroatoms. The fraction of sp³-hybridized carbons (Fsp3) is 0.321. The van der Waals surface area contributed by atoms with Crippen LogP contribution in [0.1, 0.15) is 5.56 Å². The molecule has 0 radical (unpaired) electrons. The van der Waals surface area contributed by atoms with Crippen LogP contribution in [0.25, 0.3) is 10.8 Å². The quantitative estimate of drug-likeness (QED) is 0.163. The predicted molar refractivity (Wildman–Crippen MR) is 151 cm³/mol. The van der Waals surface area contributed by atoms with Crippen molar-refractivity contribution in [2.45, 2.75) is 6.42 Å². The predicted octanol–water partition coefficient (Wildman–Crippen LogP) is 3.84. The van der Waals surface area contributed by atoms with Crippen molar-refractivity contribution in [3.05, 3.63) is 72.3 Å². The summed E-state index contributed by atoms with van der Waals surface area (Å²) in [5.41, 5.74) is 7.50. The average Bonchev–Trinajstić information content (AvgIpc) is 2.95. The summed E-state index contributed by atoms with van der Waals surface area (Å²) in [5.74, 6) is 2.22. The summed E-state index contributed by atoms with van der Waals surface area (Å²) < 4.78 is 16.1. The highest BCUT2D eigenvalue weighted by Crippen LogP contribution is 2.22. The second-order valence-electron chi connectivity index (χ2n) is 8.46. The van der Waals surface area contributed by atoms with Gasteiger partial charge in [0.15, 0.2) is 0 Å².